The van der Waals surface area contributed by atoms with Crippen molar-refractivity contribution < 1.29 is 80.2 Å². The molecule has 0 aliphatic heterocycles. The van der Waals surface area contributed by atoms with Gasteiger partial charge in [0.15, 0.2) is 0 Å². The number of carbonyl (C=O) groups is 2. The lowest BCUT2D eigenvalue weighted by molar-refractivity contribution is -0.449. The van der Waals surface area contributed by atoms with E-state index in [-0.39, 0.29) is 0 Å². The molecular weight excluding hydrogens is 513 g/mol. The normalized spacial score (nSPS) is 15.9. The molecule has 0 saturated carbocycles. The molecule has 33 heavy (non-hydrogen) atoms. The van der Waals surface area contributed by atoms with E-state index >= 15 is 0 Å². The van der Waals surface area contributed by atoms with Gasteiger partial charge in [0.2, 0.25) is 5.78 Å². The third-order valence-corrected chi connectivity index (χ3v) is 4.10. The van der Waals surface area contributed by atoms with Gasteiger partial charge in [-0.05, 0) is 13.3 Å². The number of alkyl halides is 15. The van der Waals surface area contributed by atoms with E-state index in [1.54, 1.807) is 0 Å². The zero-order valence-electron chi connectivity index (χ0n) is 16.1. The van der Waals surface area contributed by atoms with Crippen LogP contribution < -0.4 is 0 Å². The summed E-state index contributed by atoms with van der Waals surface area (Å²) in [5, 5.41) is 0. The molecular formula is C15H13F15O3. The Bertz CT molecular complexity index is 727. The summed E-state index contributed by atoms with van der Waals surface area (Å²) in [6, 6.07) is 0. The Morgan fingerprint density at radius 2 is 1.00 bits per heavy atom. The van der Waals surface area contributed by atoms with Crippen molar-refractivity contribution >= 4 is 11.8 Å². The highest BCUT2D eigenvalue weighted by Gasteiger charge is 2.94. The Morgan fingerprint density at radius 3 is 1.33 bits per heavy atom. The molecule has 0 fully saturated rings. The number of hydrogen-bond acceptors (Lipinski definition) is 3. The molecule has 196 valence electrons. The molecule has 0 heterocycles. The number of ketones is 1. The summed E-state index contributed by atoms with van der Waals surface area (Å²) < 4.78 is 201. The molecule has 3 nitrogen and oxygen atoms in total. The maximum absolute atomic E-state index is 13.9. The van der Waals surface area contributed by atoms with E-state index in [0.29, 0.717) is 0 Å². The maximum atomic E-state index is 13.9. The molecule has 0 amide bonds. The molecule has 1 atom stereocenters. The van der Waals surface area contributed by atoms with Gasteiger partial charge in [0, 0.05) is 0 Å². The van der Waals surface area contributed by atoms with Gasteiger partial charge >= 0.3 is 47.7 Å². The summed E-state index contributed by atoms with van der Waals surface area (Å²) >= 11 is 0. The molecule has 0 aromatic rings. The Labute approximate surface area is 174 Å². The minimum atomic E-state index is -8.50. The average molecular weight is 526 g/mol. The predicted molar refractivity (Wildman–Crippen MR) is 75.8 cm³/mol. The molecule has 0 aliphatic rings. The second kappa shape index (κ2) is 9.03. The van der Waals surface area contributed by atoms with E-state index in [0.717, 1.165) is 13.8 Å². The number of rotatable bonds is 11. The van der Waals surface area contributed by atoms with E-state index in [1.165, 1.54) is 0 Å². The predicted octanol–water partition coefficient (Wildman–Crippen LogP) is 5.91. The lowest BCUT2D eigenvalue weighted by Crippen LogP contribution is -2.73. The Morgan fingerprint density at radius 1 is 0.636 bits per heavy atom. The van der Waals surface area contributed by atoms with Crippen LogP contribution in [-0.2, 0) is 14.3 Å². The van der Waals surface area contributed by atoms with Crippen molar-refractivity contribution in [1.82, 2.24) is 0 Å². The average Bonchev–Trinajstić information content (AvgIpc) is 2.63. The Balaban J connectivity index is 6.69. The van der Waals surface area contributed by atoms with Crippen LogP contribution in [0.1, 0.15) is 26.7 Å². The van der Waals surface area contributed by atoms with Gasteiger partial charge in [-0.15, -0.1) is 0 Å². The molecule has 0 bridgehead atoms. The smallest absolute Gasteiger partial charge is 0.460 e. The summed E-state index contributed by atoms with van der Waals surface area (Å²) in [6.45, 7) is 1.33. The van der Waals surface area contributed by atoms with Gasteiger partial charge in [0.05, 0.1) is 6.61 Å². The Hall–Kier alpha value is -1.91. The van der Waals surface area contributed by atoms with Crippen LogP contribution in [0.5, 0.6) is 0 Å². The van der Waals surface area contributed by atoms with Gasteiger partial charge in [0.25, 0.3) is 0 Å². The van der Waals surface area contributed by atoms with Gasteiger partial charge < -0.3 is 4.74 Å². The molecule has 0 N–H and O–H groups in total. The number of hydrogen-bond donors (Lipinski definition) is 0. The lowest BCUT2D eigenvalue weighted by atomic mass is 9.85. The van der Waals surface area contributed by atoms with Gasteiger partial charge in [-0.2, -0.15) is 65.9 Å². The van der Waals surface area contributed by atoms with E-state index in [2.05, 4.69) is 4.74 Å². The summed E-state index contributed by atoms with van der Waals surface area (Å²) in [7, 11) is 0. The first-order chi connectivity index (χ1) is 14.3. The topological polar surface area (TPSA) is 43.4 Å². The van der Waals surface area contributed by atoms with Gasteiger partial charge in [0.1, 0.15) is 5.92 Å². The molecule has 0 aromatic carbocycles. The summed E-state index contributed by atoms with van der Waals surface area (Å²) in [4.78, 5) is 23.2. The Kier molecular flexibility index (Phi) is 8.51. The minimum Gasteiger partial charge on any atom is -0.465 e. The van der Waals surface area contributed by atoms with Crippen LogP contribution in [0.25, 0.3) is 0 Å². The fraction of sp³-hybridized carbons (Fsp3) is 0.867. The first-order valence-electron chi connectivity index (χ1n) is 8.39. The van der Waals surface area contributed by atoms with Crippen LogP contribution in [-0.4, -0.2) is 60.1 Å². The van der Waals surface area contributed by atoms with Crippen LogP contribution >= 0.6 is 0 Å². The van der Waals surface area contributed by atoms with Crippen molar-refractivity contribution in [2.24, 2.45) is 5.92 Å². The monoisotopic (exact) mass is 526 g/mol. The highest BCUT2D eigenvalue weighted by Crippen LogP contribution is 2.62. The van der Waals surface area contributed by atoms with E-state index < -0.39 is 78.8 Å². The van der Waals surface area contributed by atoms with Crippen molar-refractivity contribution in [3.63, 3.8) is 0 Å². The molecule has 0 aromatic heterocycles. The van der Waals surface area contributed by atoms with Crippen LogP contribution in [0.4, 0.5) is 65.9 Å². The minimum absolute atomic E-state index is 0.487. The fourth-order valence-electron chi connectivity index (χ4n) is 2.23. The number of Topliss-reactive ketones (excluding diaryl/α,β-unsaturated/α-hetero) is 1. The van der Waals surface area contributed by atoms with Crippen molar-refractivity contribution in [1.29, 1.82) is 0 Å². The maximum Gasteiger partial charge on any atom is 0.460 e. The first-order valence-corrected chi connectivity index (χ1v) is 8.39. The molecule has 0 radical (unpaired) electrons. The third-order valence-electron chi connectivity index (χ3n) is 4.10. The van der Waals surface area contributed by atoms with E-state index in [9.17, 15) is 75.4 Å². The molecule has 0 spiro atoms. The lowest BCUT2D eigenvalue weighted by Gasteiger charge is -2.41. The summed E-state index contributed by atoms with van der Waals surface area (Å²) in [5.74, 6) is -57.2. The number of ether oxygens (including phenoxy) is 1. The van der Waals surface area contributed by atoms with E-state index in [4.69, 9.17) is 0 Å². The van der Waals surface area contributed by atoms with Crippen LogP contribution in [0, 0.1) is 5.92 Å². The van der Waals surface area contributed by atoms with E-state index in [1.807, 2.05) is 0 Å². The number of esters is 1. The molecule has 1 unspecified atom stereocenters. The molecule has 18 heteroatoms. The molecule has 0 saturated heterocycles. The first kappa shape index (κ1) is 31.1. The van der Waals surface area contributed by atoms with Crippen LogP contribution in [0.2, 0.25) is 0 Å². The number of carbonyl (C=O) groups excluding carboxylic acids is 2. The SMILES string of the molecule is CCCC(C(=O)OCC)C(=O)C(F)(F)C(F)(F)C(F)(F)C(F)(F)C(F)(F)C(F)(F)C(F)(F)F. The second-order valence-corrected chi connectivity index (χ2v) is 6.40. The largest absolute Gasteiger partial charge is 0.465 e. The van der Waals surface area contributed by atoms with Gasteiger partial charge in [-0.1, -0.05) is 13.3 Å². The van der Waals surface area contributed by atoms with Gasteiger partial charge in [-0.25, -0.2) is 0 Å². The molecule has 0 aliphatic carbocycles. The standard InChI is InChI=1S/C15H13F15O3/c1-3-5-6(8(32)33-4-2)7(31)9(16,17)10(18,19)11(20,21)12(22,23)13(24,25)14(26,27)15(28,29)30/h6H,3-5H2,1-2H3. The van der Waals surface area contributed by atoms with Crippen molar-refractivity contribution in [2.75, 3.05) is 6.61 Å². The third kappa shape index (κ3) is 4.57. The zero-order chi connectivity index (χ0) is 27.1. The molecule has 0 rings (SSSR count). The van der Waals surface area contributed by atoms with Crippen LogP contribution in [0.3, 0.4) is 0 Å². The van der Waals surface area contributed by atoms with Crippen molar-refractivity contribution in [3.8, 4) is 0 Å². The zero-order valence-corrected chi connectivity index (χ0v) is 16.1. The van der Waals surface area contributed by atoms with Crippen molar-refractivity contribution in [2.45, 2.75) is 68.4 Å². The van der Waals surface area contributed by atoms with Crippen molar-refractivity contribution in [3.05, 3.63) is 0 Å². The highest BCUT2D eigenvalue weighted by atomic mass is 19.4. The second-order valence-electron chi connectivity index (χ2n) is 6.40. The summed E-state index contributed by atoms with van der Waals surface area (Å²) in [6.07, 6.45) is -9.34. The highest BCUT2D eigenvalue weighted by molar-refractivity contribution is 6.03. The number of halogens is 15. The van der Waals surface area contributed by atoms with Gasteiger partial charge in [-0.3, -0.25) is 9.59 Å². The quantitative estimate of drug-likeness (QED) is 0.191. The fourth-order valence-corrected chi connectivity index (χ4v) is 2.23. The van der Waals surface area contributed by atoms with Crippen LogP contribution in [0.15, 0.2) is 0 Å². The summed E-state index contributed by atoms with van der Waals surface area (Å²) in [5.41, 5.74) is 0.